The Balaban J connectivity index is 2.04. The van der Waals surface area contributed by atoms with Crippen LogP contribution in [0.15, 0.2) is 45.5 Å². The summed E-state index contributed by atoms with van der Waals surface area (Å²) in [4.78, 5) is 0. The number of hydrogen-bond donors (Lipinski definition) is 1. The molecule has 2 aromatic rings. The summed E-state index contributed by atoms with van der Waals surface area (Å²) in [6, 6.07) is 9.94. The molecule has 0 radical (unpaired) electrons. The van der Waals surface area contributed by atoms with Crippen molar-refractivity contribution in [1.82, 2.24) is 0 Å². The molecule has 0 saturated heterocycles. The first-order valence-electron chi connectivity index (χ1n) is 5.22. The van der Waals surface area contributed by atoms with Gasteiger partial charge in [-0.2, -0.15) is 0 Å². The number of hydrogen-bond acceptors (Lipinski definition) is 2. The molecule has 1 N–H and O–H groups in total. The van der Waals surface area contributed by atoms with E-state index in [0.717, 1.165) is 4.47 Å². The summed E-state index contributed by atoms with van der Waals surface area (Å²) in [6.07, 6.45) is 2.84. The number of fused-ring (bicyclic) bond motifs is 1. The van der Waals surface area contributed by atoms with Gasteiger partial charge in [-0.3, -0.25) is 0 Å². The number of halogens is 1. The molecule has 1 aliphatic carbocycles. The van der Waals surface area contributed by atoms with Crippen LogP contribution in [0.3, 0.4) is 0 Å². The van der Waals surface area contributed by atoms with Gasteiger partial charge in [-0.15, -0.1) is 0 Å². The van der Waals surface area contributed by atoms with Crippen LogP contribution in [0.4, 0.5) is 0 Å². The average Bonchev–Trinajstić information content (AvgIpc) is 2.81. The van der Waals surface area contributed by atoms with Crippen LogP contribution in [0.5, 0.6) is 0 Å². The van der Waals surface area contributed by atoms with Crippen LogP contribution in [-0.4, -0.2) is 5.11 Å². The first kappa shape index (κ1) is 10.1. The molecule has 16 heavy (non-hydrogen) atoms. The molecule has 0 unspecified atom stereocenters. The van der Waals surface area contributed by atoms with Gasteiger partial charge in [0.25, 0.3) is 0 Å². The summed E-state index contributed by atoms with van der Waals surface area (Å²) >= 11 is 3.40. The van der Waals surface area contributed by atoms with Crippen LogP contribution in [0.25, 0.3) is 0 Å². The fraction of sp³-hybridized carbons (Fsp3) is 0.231. The van der Waals surface area contributed by atoms with E-state index in [1.54, 1.807) is 6.26 Å². The summed E-state index contributed by atoms with van der Waals surface area (Å²) < 4.78 is 6.22. The van der Waals surface area contributed by atoms with E-state index in [9.17, 15) is 5.11 Å². The zero-order valence-electron chi connectivity index (χ0n) is 8.61. The first-order chi connectivity index (χ1) is 7.69. The number of furan rings is 1. The highest BCUT2D eigenvalue weighted by atomic mass is 79.9. The second kappa shape index (κ2) is 3.47. The fourth-order valence-electron chi connectivity index (χ4n) is 2.38. The van der Waals surface area contributed by atoms with Gasteiger partial charge >= 0.3 is 0 Å². The molecule has 1 aliphatic rings. The molecule has 0 fully saturated rings. The lowest BCUT2D eigenvalue weighted by Crippen LogP contribution is -2.25. The lowest BCUT2D eigenvalue weighted by atomic mass is 9.97. The molecule has 1 heterocycles. The topological polar surface area (TPSA) is 33.4 Å². The second-order valence-corrected chi connectivity index (χ2v) is 5.11. The Bertz CT molecular complexity index is 505. The average molecular weight is 279 g/mol. The minimum absolute atomic E-state index is 0.620. The van der Waals surface area contributed by atoms with Crippen LogP contribution < -0.4 is 0 Å². The predicted octanol–water partition coefficient (Wildman–Crippen LogP) is 3.03. The van der Waals surface area contributed by atoms with Gasteiger partial charge < -0.3 is 9.52 Å². The number of rotatable bonds is 1. The Morgan fingerprint density at radius 2 is 1.75 bits per heavy atom. The molecule has 0 bridgehead atoms. The van der Waals surface area contributed by atoms with Gasteiger partial charge in [0.2, 0.25) is 0 Å². The molecule has 0 aliphatic heterocycles. The van der Waals surface area contributed by atoms with Crippen molar-refractivity contribution in [2.45, 2.75) is 18.4 Å². The van der Waals surface area contributed by atoms with Crippen LogP contribution in [0.2, 0.25) is 0 Å². The summed E-state index contributed by atoms with van der Waals surface area (Å²) in [7, 11) is 0. The SMILES string of the molecule is OC1(c2occc2Br)Cc2ccccc2C1. The molecular weight excluding hydrogens is 268 g/mol. The van der Waals surface area contributed by atoms with E-state index in [0.29, 0.717) is 18.6 Å². The smallest absolute Gasteiger partial charge is 0.150 e. The maximum Gasteiger partial charge on any atom is 0.150 e. The quantitative estimate of drug-likeness (QED) is 0.870. The maximum atomic E-state index is 10.6. The Labute approximate surface area is 102 Å². The minimum Gasteiger partial charge on any atom is -0.465 e. The zero-order valence-corrected chi connectivity index (χ0v) is 10.2. The summed E-state index contributed by atoms with van der Waals surface area (Å²) in [6.45, 7) is 0. The third-order valence-electron chi connectivity index (χ3n) is 3.12. The van der Waals surface area contributed by atoms with Gasteiger partial charge in [0.05, 0.1) is 10.7 Å². The predicted molar refractivity (Wildman–Crippen MR) is 64.2 cm³/mol. The molecule has 1 aromatic heterocycles. The van der Waals surface area contributed by atoms with E-state index in [1.165, 1.54) is 11.1 Å². The van der Waals surface area contributed by atoms with Gasteiger partial charge in [0.15, 0.2) is 0 Å². The van der Waals surface area contributed by atoms with Crippen molar-refractivity contribution >= 4 is 15.9 Å². The molecule has 82 valence electrons. The molecule has 3 heteroatoms. The van der Waals surface area contributed by atoms with Crippen LogP contribution >= 0.6 is 15.9 Å². The first-order valence-corrected chi connectivity index (χ1v) is 6.01. The second-order valence-electron chi connectivity index (χ2n) is 4.25. The minimum atomic E-state index is -0.897. The highest BCUT2D eigenvalue weighted by molar-refractivity contribution is 9.10. The van der Waals surface area contributed by atoms with Crippen molar-refractivity contribution in [3.8, 4) is 0 Å². The number of benzene rings is 1. The van der Waals surface area contributed by atoms with Crippen molar-refractivity contribution in [2.75, 3.05) is 0 Å². The molecule has 0 saturated carbocycles. The molecule has 1 aromatic carbocycles. The van der Waals surface area contributed by atoms with Crippen molar-refractivity contribution in [3.05, 3.63) is 58.0 Å². The van der Waals surface area contributed by atoms with Gasteiger partial charge in [-0.25, -0.2) is 0 Å². The molecule has 0 amide bonds. The van der Waals surface area contributed by atoms with E-state index in [-0.39, 0.29) is 0 Å². The lowest BCUT2D eigenvalue weighted by molar-refractivity contribution is 0.0246. The Kier molecular flexibility index (Phi) is 2.19. The Hall–Kier alpha value is -1.06. The van der Waals surface area contributed by atoms with E-state index in [1.807, 2.05) is 18.2 Å². The Morgan fingerprint density at radius 1 is 1.12 bits per heavy atom. The van der Waals surface area contributed by atoms with E-state index in [4.69, 9.17) is 4.42 Å². The third-order valence-corrected chi connectivity index (χ3v) is 3.75. The van der Waals surface area contributed by atoms with Crippen LogP contribution in [0.1, 0.15) is 16.9 Å². The normalized spacial score (nSPS) is 17.4. The highest BCUT2D eigenvalue weighted by Crippen LogP contribution is 2.40. The summed E-state index contributed by atoms with van der Waals surface area (Å²) in [5.74, 6) is 0.628. The molecule has 0 atom stereocenters. The largest absolute Gasteiger partial charge is 0.465 e. The van der Waals surface area contributed by atoms with Crippen molar-refractivity contribution < 1.29 is 9.52 Å². The Morgan fingerprint density at radius 3 is 2.25 bits per heavy atom. The van der Waals surface area contributed by atoms with Crippen molar-refractivity contribution in [2.24, 2.45) is 0 Å². The van der Waals surface area contributed by atoms with Crippen molar-refractivity contribution in [3.63, 3.8) is 0 Å². The highest BCUT2D eigenvalue weighted by Gasteiger charge is 2.40. The summed E-state index contributed by atoms with van der Waals surface area (Å²) in [5.41, 5.74) is 1.51. The standard InChI is InChI=1S/C13H11BrO2/c14-11-5-6-16-12(11)13(15)7-9-3-1-2-4-10(9)8-13/h1-6,15H,7-8H2. The van der Waals surface area contributed by atoms with E-state index in [2.05, 4.69) is 28.1 Å². The zero-order chi connectivity index (χ0) is 11.2. The van der Waals surface area contributed by atoms with Crippen LogP contribution in [-0.2, 0) is 18.4 Å². The molecule has 0 spiro atoms. The number of aliphatic hydroxyl groups is 1. The summed E-state index contributed by atoms with van der Waals surface area (Å²) in [5, 5.41) is 10.6. The van der Waals surface area contributed by atoms with Gasteiger partial charge in [0.1, 0.15) is 11.4 Å². The monoisotopic (exact) mass is 278 g/mol. The van der Waals surface area contributed by atoms with Crippen molar-refractivity contribution in [1.29, 1.82) is 0 Å². The maximum absolute atomic E-state index is 10.6. The van der Waals surface area contributed by atoms with E-state index >= 15 is 0 Å². The van der Waals surface area contributed by atoms with Gasteiger partial charge in [0, 0.05) is 12.8 Å². The molecule has 3 rings (SSSR count). The third kappa shape index (κ3) is 1.43. The fourth-order valence-corrected chi connectivity index (χ4v) is 2.95. The molecular formula is C13H11BrO2. The molecule has 2 nitrogen and oxygen atoms in total. The van der Waals surface area contributed by atoms with Crippen LogP contribution in [0, 0.1) is 0 Å². The lowest BCUT2D eigenvalue weighted by Gasteiger charge is -2.19. The van der Waals surface area contributed by atoms with Gasteiger partial charge in [-0.1, -0.05) is 24.3 Å². The van der Waals surface area contributed by atoms with Gasteiger partial charge in [-0.05, 0) is 33.1 Å². The van der Waals surface area contributed by atoms with E-state index < -0.39 is 5.60 Å².